The number of nitrogens with zero attached hydrogens (tertiary/aromatic N) is 2. The van der Waals surface area contributed by atoms with Gasteiger partial charge in [-0.25, -0.2) is 13.4 Å². The normalized spacial score (nSPS) is 11.8. The second-order valence-electron chi connectivity index (χ2n) is 3.35. The quantitative estimate of drug-likeness (QED) is 0.346. The van der Waals surface area contributed by atoms with Gasteiger partial charge < -0.3 is 15.6 Å². The fourth-order valence-corrected chi connectivity index (χ4v) is 2.89. The highest BCUT2D eigenvalue weighted by Gasteiger charge is 2.27. The van der Waals surface area contributed by atoms with Crippen molar-refractivity contribution < 1.29 is 18.6 Å². The van der Waals surface area contributed by atoms with Gasteiger partial charge in [0.25, 0.3) is 10.0 Å². The summed E-state index contributed by atoms with van der Waals surface area (Å²) in [5.74, 6) is 5.22. The Hall–Kier alpha value is -1.26. The number of hydrogen-bond donors (Lipinski definition) is 4. The van der Waals surface area contributed by atoms with Gasteiger partial charge in [-0.2, -0.15) is 4.31 Å². The SMILES string of the molecule is NNc1cccnc1S(=O)(=O)N(CCO)CCO. The van der Waals surface area contributed by atoms with E-state index in [1.807, 2.05) is 0 Å². The van der Waals surface area contributed by atoms with Crippen LogP contribution in [0.4, 0.5) is 5.69 Å². The minimum atomic E-state index is -3.91. The van der Waals surface area contributed by atoms with Crippen molar-refractivity contribution in [2.45, 2.75) is 5.03 Å². The second kappa shape index (κ2) is 6.61. The lowest BCUT2D eigenvalue weighted by molar-refractivity contribution is 0.217. The Morgan fingerprint density at radius 3 is 2.44 bits per heavy atom. The number of aromatic nitrogens is 1. The fourth-order valence-electron chi connectivity index (χ4n) is 1.40. The van der Waals surface area contributed by atoms with E-state index in [-0.39, 0.29) is 37.0 Å². The largest absolute Gasteiger partial charge is 0.395 e. The van der Waals surface area contributed by atoms with E-state index in [4.69, 9.17) is 16.1 Å². The smallest absolute Gasteiger partial charge is 0.262 e. The molecule has 0 spiro atoms. The van der Waals surface area contributed by atoms with Gasteiger partial charge in [0.2, 0.25) is 0 Å². The summed E-state index contributed by atoms with van der Waals surface area (Å²) in [4.78, 5) is 3.77. The van der Waals surface area contributed by atoms with Crippen LogP contribution in [0.25, 0.3) is 0 Å². The highest BCUT2D eigenvalue weighted by molar-refractivity contribution is 7.89. The number of hydrogen-bond acceptors (Lipinski definition) is 7. The van der Waals surface area contributed by atoms with E-state index in [0.29, 0.717) is 0 Å². The molecular weight excluding hydrogens is 260 g/mol. The van der Waals surface area contributed by atoms with Crippen LogP contribution in [0.3, 0.4) is 0 Å². The number of pyridine rings is 1. The summed E-state index contributed by atoms with van der Waals surface area (Å²) in [5, 5.41) is 17.5. The second-order valence-corrected chi connectivity index (χ2v) is 5.20. The predicted octanol–water partition coefficient (Wildman–Crippen LogP) is -1.66. The van der Waals surface area contributed by atoms with Gasteiger partial charge in [0.05, 0.1) is 18.9 Å². The summed E-state index contributed by atoms with van der Waals surface area (Å²) in [6, 6.07) is 3.01. The minimum Gasteiger partial charge on any atom is -0.395 e. The number of aliphatic hydroxyl groups is 2. The topological polar surface area (TPSA) is 129 Å². The van der Waals surface area contributed by atoms with E-state index in [0.717, 1.165) is 4.31 Å². The molecule has 5 N–H and O–H groups in total. The Bertz CT molecular complexity index is 473. The molecule has 0 saturated heterocycles. The molecule has 18 heavy (non-hydrogen) atoms. The third-order valence-corrected chi connectivity index (χ3v) is 4.07. The number of nitrogens with two attached hydrogens (primary N) is 1. The molecule has 0 fully saturated rings. The number of nitrogen functional groups attached to an aromatic ring is 1. The van der Waals surface area contributed by atoms with E-state index < -0.39 is 10.0 Å². The highest BCUT2D eigenvalue weighted by Crippen LogP contribution is 2.20. The monoisotopic (exact) mass is 276 g/mol. The molecule has 1 aromatic heterocycles. The molecule has 0 aliphatic rings. The minimum absolute atomic E-state index is 0.122. The Labute approximate surface area is 105 Å². The molecule has 0 saturated carbocycles. The Morgan fingerprint density at radius 1 is 1.33 bits per heavy atom. The van der Waals surface area contributed by atoms with E-state index in [1.54, 1.807) is 0 Å². The van der Waals surface area contributed by atoms with Crippen molar-refractivity contribution in [2.75, 3.05) is 31.7 Å². The Kier molecular flexibility index (Phi) is 5.44. The molecule has 0 aromatic carbocycles. The number of sulfonamides is 1. The van der Waals surface area contributed by atoms with Gasteiger partial charge in [0, 0.05) is 19.3 Å². The molecule has 8 nitrogen and oxygen atoms in total. The van der Waals surface area contributed by atoms with Gasteiger partial charge in [0.1, 0.15) is 0 Å². The van der Waals surface area contributed by atoms with Crippen molar-refractivity contribution >= 4 is 15.7 Å². The van der Waals surface area contributed by atoms with Crippen LogP contribution in [0, 0.1) is 0 Å². The third-order valence-electron chi connectivity index (χ3n) is 2.21. The molecule has 0 atom stereocenters. The van der Waals surface area contributed by atoms with Crippen LogP contribution in [0.15, 0.2) is 23.4 Å². The fraction of sp³-hybridized carbons (Fsp3) is 0.444. The Balaban J connectivity index is 3.17. The zero-order chi connectivity index (χ0) is 13.6. The first-order chi connectivity index (χ1) is 8.57. The molecule has 0 bridgehead atoms. The van der Waals surface area contributed by atoms with Gasteiger partial charge in [-0.15, -0.1) is 0 Å². The zero-order valence-electron chi connectivity index (χ0n) is 9.65. The maximum atomic E-state index is 12.2. The third kappa shape index (κ3) is 3.15. The van der Waals surface area contributed by atoms with Crippen LogP contribution in [0.5, 0.6) is 0 Å². The van der Waals surface area contributed by atoms with Crippen molar-refractivity contribution in [3.8, 4) is 0 Å². The van der Waals surface area contributed by atoms with Gasteiger partial charge in [-0.05, 0) is 12.1 Å². The van der Waals surface area contributed by atoms with Crippen molar-refractivity contribution in [1.29, 1.82) is 0 Å². The molecule has 1 rings (SSSR count). The predicted molar refractivity (Wildman–Crippen MR) is 65.0 cm³/mol. The summed E-state index contributed by atoms with van der Waals surface area (Å²) in [6.07, 6.45) is 1.32. The van der Waals surface area contributed by atoms with Gasteiger partial charge >= 0.3 is 0 Å². The molecule has 0 aliphatic heterocycles. The van der Waals surface area contributed by atoms with Crippen molar-refractivity contribution in [2.24, 2.45) is 5.84 Å². The summed E-state index contributed by atoms with van der Waals surface area (Å²) in [7, 11) is -3.91. The molecule has 1 heterocycles. The van der Waals surface area contributed by atoms with Crippen molar-refractivity contribution in [3.05, 3.63) is 18.3 Å². The summed E-state index contributed by atoms with van der Waals surface area (Å²) in [6.45, 7) is -0.943. The van der Waals surface area contributed by atoms with E-state index in [1.165, 1.54) is 18.3 Å². The highest BCUT2D eigenvalue weighted by atomic mass is 32.2. The van der Waals surface area contributed by atoms with Gasteiger partial charge in [-0.3, -0.25) is 5.84 Å². The number of nitrogens with one attached hydrogen (secondary N) is 1. The van der Waals surface area contributed by atoms with E-state index in [9.17, 15) is 8.42 Å². The average molecular weight is 276 g/mol. The van der Waals surface area contributed by atoms with Crippen LogP contribution in [0.2, 0.25) is 0 Å². The first kappa shape index (κ1) is 14.8. The zero-order valence-corrected chi connectivity index (χ0v) is 10.5. The molecule has 0 unspecified atom stereocenters. The molecule has 9 heteroatoms. The number of aliphatic hydroxyl groups excluding tert-OH is 2. The molecular formula is C9H16N4O4S. The standard InChI is InChI=1S/C9H16N4O4S/c10-12-8-2-1-3-11-9(8)18(16,17)13(4-6-14)5-7-15/h1-3,12,14-15H,4-7,10H2. The number of anilines is 1. The lowest BCUT2D eigenvalue weighted by Crippen LogP contribution is -2.36. The Morgan fingerprint density at radius 2 is 1.94 bits per heavy atom. The molecule has 1 aromatic rings. The van der Waals surface area contributed by atoms with Gasteiger partial charge in [-0.1, -0.05) is 0 Å². The van der Waals surface area contributed by atoms with Gasteiger partial charge in [0.15, 0.2) is 5.03 Å². The van der Waals surface area contributed by atoms with Crippen LogP contribution in [0.1, 0.15) is 0 Å². The maximum Gasteiger partial charge on any atom is 0.262 e. The first-order valence-corrected chi connectivity index (χ1v) is 6.65. The molecule has 0 radical (unpaired) electrons. The van der Waals surface area contributed by atoms with Crippen LogP contribution >= 0.6 is 0 Å². The lowest BCUT2D eigenvalue weighted by Gasteiger charge is -2.20. The van der Waals surface area contributed by atoms with Crippen molar-refractivity contribution in [3.63, 3.8) is 0 Å². The van der Waals surface area contributed by atoms with E-state index in [2.05, 4.69) is 10.4 Å². The number of hydrazine groups is 1. The molecule has 102 valence electrons. The lowest BCUT2D eigenvalue weighted by atomic mass is 10.4. The van der Waals surface area contributed by atoms with Crippen molar-refractivity contribution in [1.82, 2.24) is 9.29 Å². The van der Waals surface area contributed by atoms with Crippen LogP contribution in [-0.4, -0.2) is 54.2 Å². The summed E-state index contributed by atoms with van der Waals surface area (Å²) >= 11 is 0. The summed E-state index contributed by atoms with van der Waals surface area (Å²) in [5.41, 5.74) is 2.40. The maximum absolute atomic E-state index is 12.2. The van der Waals surface area contributed by atoms with Crippen LogP contribution in [-0.2, 0) is 10.0 Å². The average Bonchev–Trinajstić information content (AvgIpc) is 2.38. The summed E-state index contributed by atoms with van der Waals surface area (Å²) < 4.78 is 25.4. The number of rotatable bonds is 7. The van der Waals surface area contributed by atoms with Crippen LogP contribution < -0.4 is 11.3 Å². The molecule has 0 amide bonds. The van der Waals surface area contributed by atoms with E-state index >= 15 is 0 Å². The first-order valence-electron chi connectivity index (χ1n) is 5.21. The molecule has 0 aliphatic carbocycles.